The van der Waals surface area contributed by atoms with Gasteiger partial charge in [-0.2, -0.15) is 0 Å². The molecule has 0 bridgehead atoms. The normalized spacial score (nSPS) is 20.1. The van der Waals surface area contributed by atoms with Gasteiger partial charge in [-0.15, -0.1) is 11.3 Å². The molecule has 0 N–H and O–H groups in total. The minimum Gasteiger partial charge on any atom is -0.369 e. The molecule has 2 aromatic heterocycles. The Hall–Kier alpha value is -0.980. The van der Waals surface area contributed by atoms with Crippen LogP contribution in [0.5, 0.6) is 0 Å². The molecule has 1 saturated heterocycles. The molecule has 6 heteroatoms. The summed E-state index contributed by atoms with van der Waals surface area (Å²) in [6.45, 7) is 2.35. The molecule has 1 atom stereocenters. The summed E-state index contributed by atoms with van der Waals surface area (Å²) in [4.78, 5) is 12.1. The van der Waals surface area contributed by atoms with Gasteiger partial charge in [0.2, 0.25) is 5.95 Å². The summed E-state index contributed by atoms with van der Waals surface area (Å²) in [5.74, 6) is 0.767. The van der Waals surface area contributed by atoms with E-state index in [1.807, 2.05) is 0 Å². The molecule has 1 aliphatic rings. The van der Waals surface area contributed by atoms with Crippen molar-refractivity contribution >= 4 is 33.2 Å². The lowest BCUT2D eigenvalue weighted by molar-refractivity contribution is 0.0415. The van der Waals surface area contributed by atoms with Gasteiger partial charge in [-0.1, -0.05) is 6.07 Å². The molecule has 0 radical (unpaired) electrons. The molecule has 94 valence electrons. The van der Waals surface area contributed by atoms with Gasteiger partial charge in [-0.3, -0.25) is 0 Å². The van der Waals surface area contributed by atoms with E-state index in [0.29, 0.717) is 6.61 Å². The van der Waals surface area contributed by atoms with Crippen molar-refractivity contribution in [3.8, 4) is 0 Å². The summed E-state index contributed by atoms with van der Waals surface area (Å²) < 4.78 is 6.70. The predicted octanol–water partition coefficient (Wildman–Crippen LogP) is 2.88. The number of hydrogen-bond acceptors (Lipinski definition) is 5. The van der Waals surface area contributed by atoms with Crippen LogP contribution in [0.15, 0.2) is 34.4 Å². The molecule has 4 nitrogen and oxygen atoms in total. The van der Waals surface area contributed by atoms with Gasteiger partial charge in [0.15, 0.2) is 0 Å². The molecule has 0 spiro atoms. The van der Waals surface area contributed by atoms with E-state index in [1.165, 1.54) is 4.88 Å². The SMILES string of the molecule is Brc1cnc(N2CCOC(c3cccs3)C2)nc1. The highest BCUT2D eigenvalue weighted by Crippen LogP contribution is 2.27. The summed E-state index contributed by atoms with van der Waals surface area (Å²) in [7, 11) is 0. The van der Waals surface area contributed by atoms with E-state index in [-0.39, 0.29) is 6.10 Å². The molecule has 1 fully saturated rings. The van der Waals surface area contributed by atoms with Crippen molar-refractivity contribution in [1.29, 1.82) is 0 Å². The van der Waals surface area contributed by atoms with Gasteiger partial charge in [0.1, 0.15) is 6.10 Å². The first-order valence-electron chi connectivity index (χ1n) is 5.70. The van der Waals surface area contributed by atoms with Crippen molar-refractivity contribution in [2.45, 2.75) is 6.10 Å². The van der Waals surface area contributed by atoms with Crippen molar-refractivity contribution in [2.24, 2.45) is 0 Å². The number of aromatic nitrogens is 2. The topological polar surface area (TPSA) is 38.2 Å². The van der Waals surface area contributed by atoms with Crippen LogP contribution in [0.4, 0.5) is 5.95 Å². The lowest BCUT2D eigenvalue weighted by atomic mass is 10.2. The van der Waals surface area contributed by atoms with E-state index in [9.17, 15) is 0 Å². The van der Waals surface area contributed by atoms with Crippen molar-refractivity contribution in [1.82, 2.24) is 9.97 Å². The predicted molar refractivity (Wildman–Crippen MR) is 75.0 cm³/mol. The molecule has 2 aromatic rings. The van der Waals surface area contributed by atoms with Crippen molar-refractivity contribution in [3.05, 3.63) is 39.3 Å². The Morgan fingerprint density at radius 2 is 2.22 bits per heavy atom. The third kappa shape index (κ3) is 2.55. The van der Waals surface area contributed by atoms with E-state index in [0.717, 1.165) is 23.5 Å². The van der Waals surface area contributed by atoms with Gasteiger partial charge in [-0.25, -0.2) is 9.97 Å². The maximum absolute atomic E-state index is 5.80. The number of morpholine rings is 1. The quantitative estimate of drug-likeness (QED) is 0.851. The van der Waals surface area contributed by atoms with Gasteiger partial charge in [0, 0.05) is 23.8 Å². The Balaban J connectivity index is 1.76. The smallest absolute Gasteiger partial charge is 0.225 e. The van der Waals surface area contributed by atoms with Crippen LogP contribution in [0.1, 0.15) is 11.0 Å². The van der Waals surface area contributed by atoms with Crippen molar-refractivity contribution in [2.75, 3.05) is 24.6 Å². The van der Waals surface area contributed by atoms with Gasteiger partial charge in [-0.05, 0) is 27.4 Å². The first-order valence-corrected chi connectivity index (χ1v) is 7.38. The maximum atomic E-state index is 5.80. The Labute approximate surface area is 118 Å². The van der Waals surface area contributed by atoms with Crippen LogP contribution in [0.2, 0.25) is 0 Å². The lowest BCUT2D eigenvalue weighted by Gasteiger charge is -2.32. The van der Waals surface area contributed by atoms with E-state index in [1.54, 1.807) is 23.7 Å². The van der Waals surface area contributed by atoms with E-state index in [2.05, 4.69) is 48.3 Å². The van der Waals surface area contributed by atoms with Crippen LogP contribution >= 0.6 is 27.3 Å². The molecular weight excluding hydrogens is 314 g/mol. The van der Waals surface area contributed by atoms with Crippen LogP contribution in [0.3, 0.4) is 0 Å². The highest BCUT2D eigenvalue weighted by Gasteiger charge is 2.24. The van der Waals surface area contributed by atoms with E-state index < -0.39 is 0 Å². The second-order valence-corrected chi connectivity index (χ2v) is 5.92. The minimum absolute atomic E-state index is 0.131. The summed E-state index contributed by atoms with van der Waals surface area (Å²) in [6.07, 6.45) is 3.68. The highest BCUT2D eigenvalue weighted by atomic mass is 79.9. The molecule has 18 heavy (non-hydrogen) atoms. The lowest BCUT2D eigenvalue weighted by Crippen LogP contribution is -2.39. The summed E-state index contributed by atoms with van der Waals surface area (Å²) >= 11 is 5.08. The van der Waals surface area contributed by atoms with Gasteiger partial charge >= 0.3 is 0 Å². The zero-order valence-corrected chi connectivity index (χ0v) is 12.0. The standard InChI is InChI=1S/C12H12BrN3OS/c13-9-6-14-12(15-7-9)16-3-4-17-10(8-16)11-2-1-5-18-11/h1-2,5-7,10H,3-4,8H2. The Morgan fingerprint density at radius 3 is 2.94 bits per heavy atom. The molecule has 0 saturated carbocycles. The van der Waals surface area contributed by atoms with Gasteiger partial charge in [0.05, 0.1) is 17.6 Å². The van der Waals surface area contributed by atoms with Gasteiger partial charge in [0.25, 0.3) is 0 Å². The fourth-order valence-corrected chi connectivity index (χ4v) is 2.92. The number of ether oxygens (including phenoxy) is 1. The molecule has 1 aliphatic heterocycles. The fraction of sp³-hybridized carbons (Fsp3) is 0.333. The zero-order valence-electron chi connectivity index (χ0n) is 9.62. The van der Waals surface area contributed by atoms with Crippen LogP contribution in [0.25, 0.3) is 0 Å². The fourth-order valence-electron chi connectivity index (χ4n) is 1.95. The number of halogens is 1. The van der Waals surface area contributed by atoms with E-state index >= 15 is 0 Å². The van der Waals surface area contributed by atoms with E-state index in [4.69, 9.17) is 4.74 Å². The Kier molecular flexibility index (Phi) is 3.58. The first-order chi connectivity index (χ1) is 8.83. The first kappa shape index (κ1) is 12.1. The van der Waals surface area contributed by atoms with Gasteiger partial charge < -0.3 is 9.64 Å². The molecule has 3 heterocycles. The molecular formula is C12H12BrN3OS. The molecule has 0 aromatic carbocycles. The second kappa shape index (κ2) is 5.34. The second-order valence-electron chi connectivity index (χ2n) is 4.02. The molecule has 0 aliphatic carbocycles. The molecule has 3 rings (SSSR count). The summed E-state index contributed by atoms with van der Waals surface area (Å²) in [6, 6.07) is 4.17. The van der Waals surface area contributed by atoms with Crippen LogP contribution in [0, 0.1) is 0 Å². The third-order valence-electron chi connectivity index (χ3n) is 2.82. The highest BCUT2D eigenvalue weighted by molar-refractivity contribution is 9.10. The average molecular weight is 326 g/mol. The summed E-state index contributed by atoms with van der Waals surface area (Å²) in [5.41, 5.74) is 0. The Bertz CT molecular complexity index is 503. The van der Waals surface area contributed by atoms with Crippen molar-refractivity contribution < 1.29 is 4.74 Å². The number of anilines is 1. The minimum atomic E-state index is 0.131. The number of rotatable bonds is 2. The number of thiophene rings is 1. The number of hydrogen-bond donors (Lipinski definition) is 0. The maximum Gasteiger partial charge on any atom is 0.225 e. The van der Waals surface area contributed by atoms with Crippen LogP contribution < -0.4 is 4.90 Å². The molecule has 1 unspecified atom stereocenters. The monoisotopic (exact) mass is 325 g/mol. The summed E-state index contributed by atoms with van der Waals surface area (Å²) in [5, 5.41) is 2.08. The van der Waals surface area contributed by atoms with Crippen LogP contribution in [-0.4, -0.2) is 29.7 Å². The van der Waals surface area contributed by atoms with Crippen LogP contribution in [-0.2, 0) is 4.74 Å². The van der Waals surface area contributed by atoms with Crippen molar-refractivity contribution in [3.63, 3.8) is 0 Å². The number of nitrogens with zero attached hydrogens (tertiary/aromatic N) is 3. The molecule has 0 amide bonds. The third-order valence-corrected chi connectivity index (χ3v) is 4.19. The average Bonchev–Trinajstić information content (AvgIpc) is 2.94. The largest absolute Gasteiger partial charge is 0.369 e. The Morgan fingerprint density at radius 1 is 1.39 bits per heavy atom. The zero-order chi connectivity index (χ0) is 12.4.